The second-order valence-corrected chi connectivity index (χ2v) is 11.7. The van der Waals surface area contributed by atoms with E-state index in [-0.39, 0.29) is 12.2 Å². The summed E-state index contributed by atoms with van der Waals surface area (Å²) in [5, 5.41) is 20.9. The van der Waals surface area contributed by atoms with Crippen molar-refractivity contribution in [2.24, 2.45) is 0 Å². The van der Waals surface area contributed by atoms with Gasteiger partial charge in [-0.1, -0.05) is 29.8 Å². The number of rotatable bonds is 10. The molecule has 1 fully saturated rings. The maximum atomic E-state index is 12.0. The number of aliphatic hydroxyl groups is 1. The van der Waals surface area contributed by atoms with E-state index in [0.717, 1.165) is 86.8 Å². The van der Waals surface area contributed by atoms with E-state index in [1.165, 1.54) is 16.7 Å². The smallest absolute Gasteiger partial charge is 0.339 e. The average Bonchev–Trinajstić information content (AvgIpc) is 3.51. The zero-order valence-corrected chi connectivity index (χ0v) is 24.9. The number of fused-ring (bicyclic) bond motifs is 1. The Morgan fingerprint density at radius 1 is 0.930 bits per heavy atom. The number of carboxylic acids is 1. The lowest BCUT2D eigenvalue weighted by Crippen LogP contribution is -2.48. The van der Waals surface area contributed by atoms with Crippen LogP contribution in [0.2, 0.25) is 5.02 Å². The minimum Gasteiger partial charge on any atom is -0.478 e. The molecule has 3 heterocycles. The van der Waals surface area contributed by atoms with E-state index in [0.29, 0.717) is 11.5 Å². The standard InChI is InChI=1S/C34H37ClN4O4/c35-26-7-5-24(6-8-26)28-12-15-37(14-2-20-40)22-25(28)23-38-16-18-39(19-17-38)27-9-10-30(34(41)42)33(21-27)43-32-4-1-3-31-29(32)11-13-36-31/h1,3-11,13,21,36,40H,2,12,14-20,22-23H2,(H,41,42). The molecular formula is C34H37ClN4O4. The van der Waals surface area contributed by atoms with Crippen molar-refractivity contribution in [1.29, 1.82) is 0 Å². The molecule has 0 atom stereocenters. The topological polar surface area (TPSA) is 92.3 Å². The van der Waals surface area contributed by atoms with Crippen LogP contribution in [0.1, 0.15) is 28.8 Å². The highest BCUT2D eigenvalue weighted by atomic mass is 35.5. The number of carboxylic acid groups (broad SMARTS) is 1. The van der Waals surface area contributed by atoms with Crippen molar-refractivity contribution in [1.82, 2.24) is 14.8 Å². The highest BCUT2D eigenvalue weighted by Gasteiger charge is 2.25. The minimum atomic E-state index is -1.02. The second kappa shape index (κ2) is 13.2. The summed E-state index contributed by atoms with van der Waals surface area (Å²) < 4.78 is 6.22. The van der Waals surface area contributed by atoms with E-state index in [1.807, 2.05) is 54.7 Å². The van der Waals surface area contributed by atoms with Crippen molar-refractivity contribution in [3.05, 3.63) is 94.6 Å². The van der Waals surface area contributed by atoms with Crippen LogP contribution in [0.25, 0.3) is 16.5 Å². The Balaban J connectivity index is 1.17. The number of H-pyrrole nitrogens is 1. The molecule has 3 aromatic carbocycles. The predicted molar refractivity (Wildman–Crippen MR) is 172 cm³/mol. The van der Waals surface area contributed by atoms with Gasteiger partial charge < -0.3 is 24.8 Å². The molecule has 1 saturated heterocycles. The van der Waals surface area contributed by atoms with Gasteiger partial charge in [-0.2, -0.15) is 0 Å². The Morgan fingerprint density at radius 3 is 2.51 bits per heavy atom. The summed E-state index contributed by atoms with van der Waals surface area (Å²) in [4.78, 5) is 22.5. The minimum absolute atomic E-state index is 0.139. The van der Waals surface area contributed by atoms with E-state index in [2.05, 4.69) is 31.8 Å². The van der Waals surface area contributed by atoms with Gasteiger partial charge in [-0.15, -0.1) is 0 Å². The summed E-state index contributed by atoms with van der Waals surface area (Å²) in [6, 6.07) is 21.2. The molecular weight excluding hydrogens is 564 g/mol. The number of carbonyl (C=O) groups is 1. The molecule has 4 aromatic rings. The number of aromatic carboxylic acids is 1. The quantitative estimate of drug-likeness (QED) is 0.206. The Kier molecular flexibility index (Phi) is 9.00. The molecule has 0 saturated carbocycles. The van der Waals surface area contributed by atoms with Gasteiger partial charge in [0.2, 0.25) is 0 Å². The first-order valence-electron chi connectivity index (χ1n) is 14.9. The maximum absolute atomic E-state index is 12.0. The molecule has 0 aliphatic carbocycles. The summed E-state index contributed by atoms with van der Waals surface area (Å²) in [5.74, 6) is -0.0598. The highest BCUT2D eigenvalue weighted by molar-refractivity contribution is 6.30. The first-order valence-corrected chi connectivity index (χ1v) is 15.2. The Bertz CT molecular complexity index is 1610. The first-order chi connectivity index (χ1) is 21.0. The number of hydrogen-bond donors (Lipinski definition) is 3. The molecule has 224 valence electrons. The highest BCUT2D eigenvalue weighted by Crippen LogP contribution is 2.35. The summed E-state index contributed by atoms with van der Waals surface area (Å²) in [6.45, 7) is 7.36. The summed E-state index contributed by atoms with van der Waals surface area (Å²) in [7, 11) is 0. The zero-order valence-electron chi connectivity index (χ0n) is 24.1. The fraction of sp³-hybridized carbons (Fsp3) is 0.324. The molecule has 43 heavy (non-hydrogen) atoms. The molecule has 8 nitrogen and oxygen atoms in total. The number of piperazine rings is 1. The third-order valence-corrected chi connectivity index (χ3v) is 8.72. The molecule has 2 aliphatic rings. The molecule has 0 amide bonds. The summed E-state index contributed by atoms with van der Waals surface area (Å²) in [5.41, 5.74) is 6.10. The molecule has 2 aliphatic heterocycles. The van der Waals surface area contributed by atoms with Crippen LogP contribution in [-0.4, -0.2) is 89.9 Å². The lowest BCUT2D eigenvalue weighted by Gasteiger charge is -2.39. The van der Waals surface area contributed by atoms with Gasteiger partial charge in [-0.25, -0.2) is 4.79 Å². The first kappa shape index (κ1) is 29.3. The average molecular weight is 601 g/mol. The fourth-order valence-electron chi connectivity index (χ4n) is 6.19. The van der Waals surface area contributed by atoms with Crippen molar-refractivity contribution < 1.29 is 19.7 Å². The molecule has 0 bridgehead atoms. The van der Waals surface area contributed by atoms with Gasteiger partial charge in [0.1, 0.15) is 17.1 Å². The number of hydrogen-bond acceptors (Lipinski definition) is 6. The SMILES string of the molecule is O=C(O)c1ccc(N2CCN(CC3=C(c4ccc(Cl)cc4)CCN(CCCO)C3)CC2)cc1Oc1cccc2[nH]ccc12. The van der Waals surface area contributed by atoms with Crippen LogP contribution in [-0.2, 0) is 0 Å². The monoisotopic (exact) mass is 600 g/mol. The summed E-state index contributed by atoms with van der Waals surface area (Å²) in [6.07, 6.45) is 3.62. The van der Waals surface area contributed by atoms with Gasteiger partial charge in [0, 0.05) is 92.8 Å². The van der Waals surface area contributed by atoms with Crippen LogP contribution in [0, 0.1) is 0 Å². The number of halogens is 1. The van der Waals surface area contributed by atoms with Crippen molar-refractivity contribution in [2.45, 2.75) is 12.8 Å². The van der Waals surface area contributed by atoms with E-state index < -0.39 is 5.97 Å². The van der Waals surface area contributed by atoms with Crippen LogP contribution in [0.5, 0.6) is 11.5 Å². The van der Waals surface area contributed by atoms with E-state index in [1.54, 1.807) is 6.07 Å². The third kappa shape index (κ3) is 6.73. The molecule has 6 rings (SSSR count). The predicted octanol–water partition coefficient (Wildman–Crippen LogP) is 5.98. The van der Waals surface area contributed by atoms with Gasteiger partial charge in [-0.05, 0) is 72.0 Å². The molecule has 1 aromatic heterocycles. The Hall–Kier alpha value is -3.82. The van der Waals surface area contributed by atoms with Gasteiger partial charge in [0.15, 0.2) is 0 Å². The maximum Gasteiger partial charge on any atom is 0.339 e. The largest absolute Gasteiger partial charge is 0.478 e. The lowest BCUT2D eigenvalue weighted by molar-refractivity contribution is 0.0694. The number of anilines is 1. The Morgan fingerprint density at radius 2 is 1.74 bits per heavy atom. The zero-order chi connectivity index (χ0) is 29.8. The van der Waals surface area contributed by atoms with Gasteiger partial charge in [0.25, 0.3) is 0 Å². The number of benzene rings is 3. The van der Waals surface area contributed by atoms with Crippen molar-refractivity contribution in [3.8, 4) is 11.5 Å². The van der Waals surface area contributed by atoms with Gasteiger partial charge >= 0.3 is 5.97 Å². The normalized spacial score (nSPS) is 16.7. The number of nitrogens with zero attached hydrogens (tertiary/aromatic N) is 3. The van der Waals surface area contributed by atoms with Crippen LogP contribution < -0.4 is 9.64 Å². The third-order valence-electron chi connectivity index (χ3n) is 8.47. The van der Waals surface area contributed by atoms with Crippen LogP contribution in [0.4, 0.5) is 5.69 Å². The molecule has 9 heteroatoms. The lowest BCUT2D eigenvalue weighted by atomic mass is 9.92. The molecule has 0 unspecified atom stereocenters. The van der Waals surface area contributed by atoms with Crippen LogP contribution in [0.3, 0.4) is 0 Å². The fourth-order valence-corrected chi connectivity index (χ4v) is 6.31. The molecule has 0 radical (unpaired) electrons. The van der Waals surface area contributed by atoms with Crippen molar-refractivity contribution in [3.63, 3.8) is 0 Å². The van der Waals surface area contributed by atoms with Gasteiger partial charge in [-0.3, -0.25) is 9.80 Å². The van der Waals surface area contributed by atoms with Crippen LogP contribution in [0.15, 0.2) is 78.5 Å². The molecule has 3 N–H and O–H groups in total. The number of aliphatic hydroxyl groups excluding tert-OH is 1. The number of ether oxygens (including phenoxy) is 1. The summed E-state index contributed by atoms with van der Waals surface area (Å²) >= 11 is 6.18. The van der Waals surface area contributed by atoms with E-state index in [9.17, 15) is 15.0 Å². The Labute approximate surface area is 256 Å². The van der Waals surface area contributed by atoms with Gasteiger partial charge in [0.05, 0.1) is 0 Å². The molecule has 0 spiro atoms. The number of aromatic nitrogens is 1. The van der Waals surface area contributed by atoms with Crippen molar-refractivity contribution >= 4 is 39.7 Å². The van der Waals surface area contributed by atoms with E-state index >= 15 is 0 Å². The number of aromatic amines is 1. The number of nitrogens with one attached hydrogen (secondary N) is 1. The van der Waals surface area contributed by atoms with Crippen molar-refractivity contribution in [2.75, 3.05) is 63.9 Å². The second-order valence-electron chi connectivity index (χ2n) is 11.2. The van der Waals surface area contributed by atoms with E-state index in [4.69, 9.17) is 16.3 Å². The van der Waals surface area contributed by atoms with Crippen LogP contribution >= 0.6 is 11.6 Å².